The molecular formula is C71H80N4. The van der Waals surface area contributed by atoms with Gasteiger partial charge in [0.25, 0.3) is 0 Å². The number of nitrogens with zero attached hydrogens (tertiary/aromatic N) is 4. The summed E-state index contributed by atoms with van der Waals surface area (Å²) in [5, 5.41) is 1.19. The third-order valence-electron chi connectivity index (χ3n) is 13.2. The smallest absolute Gasteiger partial charge is 0.0686 e. The molecule has 0 N–H and O–H groups in total. The Kier molecular flexibility index (Phi) is 23.4. The van der Waals surface area contributed by atoms with Gasteiger partial charge in [-0.05, 0) is 151 Å². The largest absolute Gasteiger partial charge is 0.370 e. The summed E-state index contributed by atoms with van der Waals surface area (Å²) in [4.78, 5) is 11.5. The van der Waals surface area contributed by atoms with E-state index in [1.54, 1.807) is 13.3 Å². The summed E-state index contributed by atoms with van der Waals surface area (Å²) >= 11 is 0. The molecule has 4 heteroatoms. The van der Waals surface area contributed by atoms with Gasteiger partial charge < -0.3 is 9.47 Å². The van der Waals surface area contributed by atoms with Gasteiger partial charge in [0, 0.05) is 66.9 Å². The second-order valence-electron chi connectivity index (χ2n) is 18.2. The van der Waals surface area contributed by atoms with E-state index >= 15 is 0 Å². The Hall–Kier alpha value is -8.00. The van der Waals surface area contributed by atoms with Gasteiger partial charge in [-0.2, -0.15) is 0 Å². The summed E-state index contributed by atoms with van der Waals surface area (Å²) in [6, 6.07) is 31.5. The molecule has 4 aromatic carbocycles. The van der Waals surface area contributed by atoms with Gasteiger partial charge in [-0.3, -0.25) is 9.98 Å². The number of terminal acetylenes is 1. The van der Waals surface area contributed by atoms with E-state index in [0.29, 0.717) is 5.92 Å². The van der Waals surface area contributed by atoms with Gasteiger partial charge in [-0.1, -0.05) is 187 Å². The molecule has 75 heavy (non-hydrogen) atoms. The Morgan fingerprint density at radius 1 is 0.853 bits per heavy atom. The van der Waals surface area contributed by atoms with Gasteiger partial charge in [0.2, 0.25) is 0 Å². The van der Waals surface area contributed by atoms with Crippen molar-refractivity contribution >= 4 is 63.2 Å². The Morgan fingerprint density at radius 3 is 2.43 bits per heavy atom. The molecule has 1 aromatic heterocycles. The molecule has 1 unspecified atom stereocenters. The van der Waals surface area contributed by atoms with Crippen molar-refractivity contribution < 1.29 is 0 Å². The highest BCUT2D eigenvalue weighted by atomic mass is 15.1. The van der Waals surface area contributed by atoms with Crippen LogP contribution in [0, 0.1) is 12.8 Å². The maximum Gasteiger partial charge on any atom is 0.0686 e. The Labute approximate surface area is 451 Å². The second-order valence-corrected chi connectivity index (χ2v) is 18.2. The van der Waals surface area contributed by atoms with Gasteiger partial charge >= 0.3 is 0 Å². The van der Waals surface area contributed by atoms with E-state index in [4.69, 9.17) is 11.6 Å². The predicted octanol–water partition coefficient (Wildman–Crippen LogP) is 19.2. The summed E-state index contributed by atoms with van der Waals surface area (Å²) in [6.45, 7) is 24.4. The second kappa shape index (κ2) is 30.3. The fraction of sp³-hybridized carbons (Fsp3) is 0.239. The molecule has 1 aliphatic carbocycles. The maximum absolute atomic E-state index is 5.13. The van der Waals surface area contributed by atoms with Gasteiger partial charge in [-0.15, -0.1) is 12.8 Å². The number of likely N-dealkylation sites (N-methyl/N-ethyl adjacent to an activating group) is 1. The number of anilines is 1. The van der Waals surface area contributed by atoms with E-state index in [2.05, 4.69) is 232 Å². The van der Waals surface area contributed by atoms with Gasteiger partial charge in [0.1, 0.15) is 0 Å². The zero-order chi connectivity index (χ0) is 54.1. The molecule has 5 aromatic rings. The molecule has 3 aliphatic rings. The van der Waals surface area contributed by atoms with Crippen LogP contribution in [0.15, 0.2) is 205 Å². The molecular weight excluding hydrogens is 909 g/mol. The lowest BCUT2D eigenvalue weighted by molar-refractivity contribution is 0.579. The third-order valence-corrected chi connectivity index (χ3v) is 13.2. The van der Waals surface area contributed by atoms with Crippen molar-refractivity contribution in [1.82, 2.24) is 4.57 Å². The number of allylic oxidation sites excluding steroid dienone is 19. The van der Waals surface area contributed by atoms with Crippen LogP contribution < -0.4 is 4.90 Å². The monoisotopic (exact) mass is 989 g/mol. The Bertz CT molecular complexity index is 3170. The molecule has 4 nitrogen and oxygen atoms in total. The number of fused-ring (bicyclic) bond motifs is 2. The number of para-hydroxylation sites is 1. The minimum absolute atomic E-state index is 0.339. The fourth-order valence-corrected chi connectivity index (χ4v) is 9.77. The molecule has 0 fully saturated rings. The van der Waals surface area contributed by atoms with Crippen molar-refractivity contribution in [2.75, 3.05) is 25.5 Å². The average molecular weight is 989 g/mol. The van der Waals surface area contributed by atoms with Crippen LogP contribution in [-0.4, -0.2) is 37.6 Å². The summed E-state index contributed by atoms with van der Waals surface area (Å²) < 4.78 is 2.49. The van der Waals surface area contributed by atoms with Crippen LogP contribution >= 0.6 is 0 Å². The highest BCUT2D eigenvalue weighted by molar-refractivity contribution is 6.02. The molecule has 3 heterocycles. The number of rotatable bonds is 15. The number of benzene rings is 4. The van der Waals surface area contributed by atoms with Crippen molar-refractivity contribution in [2.45, 2.75) is 92.9 Å². The van der Waals surface area contributed by atoms with Crippen molar-refractivity contribution in [2.24, 2.45) is 9.98 Å². The first-order valence-electron chi connectivity index (χ1n) is 26.9. The zero-order valence-electron chi connectivity index (χ0n) is 46.4. The molecule has 1 atom stereocenters. The van der Waals surface area contributed by atoms with Crippen LogP contribution in [0.25, 0.3) is 56.2 Å². The number of hydrogen-bond acceptors (Lipinski definition) is 3. The van der Waals surface area contributed by atoms with E-state index in [0.717, 1.165) is 78.7 Å². The van der Waals surface area contributed by atoms with Crippen LogP contribution in [0.3, 0.4) is 0 Å². The summed E-state index contributed by atoms with van der Waals surface area (Å²) in [5.41, 5.74) is 19.8. The van der Waals surface area contributed by atoms with Crippen LogP contribution in [0.5, 0.6) is 0 Å². The topological polar surface area (TPSA) is 32.9 Å². The molecule has 0 saturated heterocycles. The first kappa shape index (κ1) is 57.9. The maximum atomic E-state index is 5.13. The van der Waals surface area contributed by atoms with Gasteiger partial charge in [0.15, 0.2) is 0 Å². The molecule has 8 rings (SSSR count). The normalized spacial score (nSPS) is 17.2. The van der Waals surface area contributed by atoms with Crippen molar-refractivity contribution in [3.05, 3.63) is 234 Å². The van der Waals surface area contributed by atoms with Crippen LogP contribution in [-0.2, 0) is 6.42 Å². The van der Waals surface area contributed by atoms with E-state index < -0.39 is 0 Å². The average Bonchev–Trinajstić information content (AvgIpc) is 3.79. The van der Waals surface area contributed by atoms with Gasteiger partial charge in [-0.25, -0.2) is 0 Å². The van der Waals surface area contributed by atoms with Crippen molar-refractivity contribution in [3.63, 3.8) is 0 Å². The summed E-state index contributed by atoms with van der Waals surface area (Å²) in [5.74, 6) is 0.339. The van der Waals surface area contributed by atoms with E-state index in [-0.39, 0.29) is 0 Å². The SMILES string of the molecule is C#C.C=C/C=C(\C=C/CC)n1c2c(c3cc(C(=C)/C=C(\C=C(/C)c4cccc(C\C=C/C=C(C)/C=C\C=NC)c4)c4cccc(-c5cccc6c5N(C)CC=C6)c4)ccc31)C1=C/CCCC2C\C=C/C=N/1.CC.CC. The van der Waals surface area contributed by atoms with Crippen molar-refractivity contribution in [1.29, 1.82) is 0 Å². The highest BCUT2D eigenvalue weighted by Gasteiger charge is 2.29. The number of aliphatic imine (C=N–C) groups is 2. The van der Waals surface area contributed by atoms with Crippen LogP contribution in [0.1, 0.15) is 126 Å². The Morgan fingerprint density at radius 2 is 1.64 bits per heavy atom. The predicted molar refractivity (Wildman–Crippen MR) is 337 cm³/mol. The quantitative estimate of drug-likeness (QED) is 0.0584. The first-order valence-corrected chi connectivity index (χ1v) is 26.9. The zero-order valence-corrected chi connectivity index (χ0v) is 46.4. The number of hydrogen-bond donors (Lipinski definition) is 0. The Balaban J connectivity index is 0.00000167. The number of aromatic nitrogens is 1. The van der Waals surface area contributed by atoms with Gasteiger partial charge in [0.05, 0.1) is 16.9 Å². The highest BCUT2D eigenvalue weighted by Crippen LogP contribution is 2.45. The van der Waals surface area contributed by atoms with Crippen molar-refractivity contribution in [3.8, 4) is 24.0 Å². The lowest BCUT2D eigenvalue weighted by Crippen LogP contribution is -2.21. The molecule has 0 spiro atoms. The van der Waals surface area contributed by atoms with Crippen LogP contribution in [0.4, 0.5) is 5.69 Å². The molecule has 384 valence electrons. The minimum atomic E-state index is 0.339. The fourth-order valence-electron chi connectivity index (χ4n) is 9.77. The van der Waals surface area contributed by atoms with E-state index in [1.807, 2.05) is 46.1 Å². The summed E-state index contributed by atoms with van der Waals surface area (Å²) in [6.07, 6.45) is 52.7. The van der Waals surface area contributed by atoms with E-state index in [1.165, 1.54) is 66.8 Å². The van der Waals surface area contributed by atoms with E-state index in [9.17, 15) is 0 Å². The molecule has 0 radical (unpaired) electrons. The third kappa shape index (κ3) is 14.8. The molecule has 0 saturated carbocycles. The molecule has 2 aliphatic heterocycles. The lowest BCUT2D eigenvalue weighted by atomic mass is 9.88. The molecule has 0 amide bonds. The standard InChI is InChI=1S/C65H66N4.2C2H6.C2H2/c1-8-10-34-58(22-9-2)69-62-38-37-54(46-60(62)63-61-36-14-13-27-52(65(63)69)28-15-16-40-67-61)49(5)43-57(55-31-18-32-56(45-55)59-35-19-29-51-33-21-41-68(7)64(51)59)42-48(4)53-30-17-26-50(44-53)25-12-11-23-47(3)24-20-39-66-6;3*1-2/h9-12,15-24,26,29-40,42-46,52H,2,5,8,13-14,25,27-28,41H2,1,3-4,6-7H3;2*1-2H3;1-2H/b12-11-,16-15-,24-20-,34-10-,47-23+,48-42+,57-43+,58-22+,61-36+,66-39?,67-40+;;;. The first-order chi connectivity index (χ1) is 36.8. The minimum Gasteiger partial charge on any atom is -0.370 e. The molecule has 2 bridgehead atoms. The lowest BCUT2D eigenvalue weighted by Gasteiger charge is -2.27. The van der Waals surface area contributed by atoms with Crippen LogP contribution in [0.2, 0.25) is 0 Å². The summed E-state index contributed by atoms with van der Waals surface area (Å²) in [7, 11) is 3.96.